The number of likely N-dealkylation sites (N-methyl/N-ethyl adjacent to an activating group) is 1. The Kier molecular flexibility index (Phi) is 8.69. The number of carbonyl (C=O) groups excluding carboxylic acids is 2. The lowest BCUT2D eigenvalue weighted by Gasteiger charge is -2.38. The van der Waals surface area contributed by atoms with Crippen molar-refractivity contribution < 1.29 is 49.0 Å². The van der Waals surface area contributed by atoms with Crippen LogP contribution < -0.4 is 19.7 Å². The van der Waals surface area contributed by atoms with Crippen LogP contribution in [0.1, 0.15) is 5.56 Å². The number of benzene rings is 1. The first kappa shape index (κ1) is 27.6. The van der Waals surface area contributed by atoms with E-state index in [0.29, 0.717) is 31.1 Å². The number of pyridine rings is 1. The molecule has 4 rings (SSSR count). The smallest absolute Gasteiger partial charge is 0.335 e. The van der Waals surface area contributed by atoms with Gasteiger partial charge in [0.15, 0.2) is 6.10 Å². The number of anilines is 1. The number of ether oxygens (including phenoxy) is 3. The Morgan fingerprint density at radius 1 is 1.08 bits per heavy atom. The standard InChI is InChI=1S/C24H27N3O10S/c1-27(8-9-35-13-4-2-12(3-5-13)10-15-21(31)26-24(34)38-15)16-7-6-14(11-25-16)36-23-19(30)17(28)18(29)20(37-23)22(32)33/h2-7,11,15,17-20,23,28-30H,8-10H2,1H3,(H,32,33)(H,26,31,34)/t15?,17?,18-,19?,20?,23-/m1/s1. The van der Waals surface area contributed by atoms with Crippen LogP contribution in [0.15, 0.2) is 42.6 Å². The number of amides is 2. The van der Waals surface area contributed by atoms with Gasteiger partial charge in [-0.3, -0.25) is 14.9 Å². The molecule has 3 heterocycles. The number of aromatic nitrogens is 1. The minimum atomic E-state index is -1.80. The summed E-state index contributed by atoms with van der Waals surface area (Å²) in [5.41, 5.74) is 0.915. The molecule has 0 saturated carbocycles. The molecule has 38 heavy (non-hydrogen) atoms. The fraction of sp³-hybridized carbons (Fsp3) is 0.417. The maximum atomic E-state index is 11.7. The summed E-state index contributed by atoms with van der Waals surface area (Å²) in [6, 6.07) is 10.5. The fourth-order valence-electron chi connectivity index (χ4n) is 3.83. The largest absolute Gasteiger partial charge is 0.492 e. The number of hydrogen-bond donors (Lipinski definition) is 5. The lowest BCUT2D eigenvalue weighted by atomic mass is 9.99. The first-order valence-electron chi connectivity index (χ1n) is 11.6. The summed E-state index contributed by atoms with van der Waals surface area (Å²) in [4.78, 5) is 40.3. The highest BCUT2D eigenvalue weighted by Gasteiger charge is 2.48. The van der Waals surface area contributed by atoms with E-state index in [1.807, 2.05) is 24.1 Å². The highest BCUT2D eigenvalue weighted by Crippen LogP contribution is 2.26. The van der Waals surface area contributed by atoms with Gasteiger partial charge < -0.3 is 39.5 Å². The maximum Gasteiger partial charge on any atom is 0.335 e. The van der Waals surface area contributed by atoms with E-state index in [0.717, 1.165) is 17.3 Å². The van der Waals surface area contributed by atoms with Crippen LogP contribution in [0.4, 0.5) is 10.6 Å². The Balaban J connectivity index is 1.24. The van der Waals surface area contributed by atoms with Crippen LogP contribution in [-0.4, -0.2) is 98.7 Å². The van der Waals surface area contributed by atoms with Gasteiger partial charge in [0.25, 0.3) is 5.24 Å². The van der Waals surface area contributed by atoms with Crippen LogP contribution in [0, 0.1) is 0 Å². The van der Waals surface area contributed by atoms with Gasteiger partial charge in [-0.1, -0.05) is 23.9 Å². The fourth-order valence-corrected chi connectivity index (χ4v) is 4.69. The number of nitrogens with zero attached hydrogens (tertiary/aromatic N) is 2. The molecule has 5 N–H and O–H groups in total. The van der Waals surface area contributed by atoms with Crippen molar-refractivity contribution in [1.82, 2.24) is 10.3 Å². The molecule has 2 amide bonds. The highest BCUT2D eigenvalue weighted by molar-refractivity contribution is 8.15. The van der Waals surface area contributed by atoms with Gasteiger partial charge in [0.05, 0.1) is 18.0 Å². The van der Waals surface area contributed by atoms with Crippen LogP contribution in [0.2, 0.25) is 0 Å². The van der Waals surface area contributed by atoms with Crippen LogP contribution in [-0.2, 0) is 20.7 Å². The number of aliphatic hydroxyl groups is 3. The van der Waals surface area contributed by atoms with Crippen molar-refractivity contribution in [2.24, 2.45) is 0 Å². The average Bonchev–Trinajstić information content (AvgIpc) is 3.21. The number of imide groups is 1. The average molecular weight is 550 g/mol. The summed E-state index contributed by atoms with van der Waals surface area (Å²) in [6.07, 6.45) is -6.70. The lowest BCUT2D eigenvalue weighted by molar-refractivity contribution is -0.271. The van der Waals surface area contributed by atoms with Crippen molar-refractivity contribution >= 4 is 34.7 Å². The normalized spacial score (nSPS) is 27.1. The van der Waals surface area contributed by atoms with Crippen molar-refractivity contribution in [3.05, 3.63) is 48.2 Å². The van der Waals surface area contributed by atoms with E-state index in [1.54, 1.807) is 18.2 Å². The predicted octanol–water partition coefficient (Wildman–Crippen LogP) is -0.238. The number of thioether (sulfide) groups is 1. The van der Waals surface area contributed by atoms with E-state index < -0.39 is 41.9 Å². The Bertz CT molecular complexity index is 1150. The summed E-state index contributed by atoms with van der Waals surface area (Å²) in [7, 11) is 1.81. The van der Waals surface area contributed by atoms with E-state index in [9.17, 15) is 29.7 Å². The van der Waals surface area contributed by atoms with Gasteiger partial charge in [-0.05, 0) is 36.2 Å². The van der Waals surface area contributed by atoms with Crippen LogP contribution in [0.5, 0.6) is 11.5 Å². The topological polar surface area (TPSA) is 188 Å². The summed E-state index contributed by atoms with van der Waals surface area (Å²) in [6.45, 7) is 0.842. The third-order valence-corrected chi connectivity index (χ3v) is 6.97. The molecule has 2 aliphatic rings. The highest BCUT2D eigenvalue weighted by atomic mass is 32.2. The third-order valence-electron chi connectivity index (χ3n) is 5.98. The molecular weight excluding hydrogens is 522 g/mol. The van der Waals surface area contributed by atoms with Crippen LogP contribution in [0.3, 0.4) is 0 Å². The molecule has 4 unspecified atom stereocenters. The molecule has 0 radical (unpaired) electrons. The monoisotopic (exact) mass is 549 g/mol. The van der Waals surface area contributed by atoms with Crippen molar-refractivity contribution in [3.63, 3.8) is 0 Å². The molecule has 2 aliphatic heterocycles. The zero-order valence-electron chi connectivity index (χ0n) is 20.2. The quantitative estimate of drug-likeness (QED) is 0.261. The molecule has 1 aromatic carbocycles. The number of carboxylic acid groups (broad SMARTS) is 1. The second kappa shape index (κ2) is 12.0. The van der Waals surface area contributed by atoms with Gasteiger partial charge >= 0.3 is 5.97 Å². The van der Waals surface area contributed by atoms with E-state index in [1.165, 1.54) is 12.3 Å². The zero-order chi connectivity index (χ0) is 27.4. The summed E-state index contributed by atoms with van der Waals surface area (Å²) >= 11 is 0.990. The molecule has 2 aromatic rings. The van der Waals surface area contributed by atoms with Crippen molar-refractivity contribution in [1.29, 1.82) is 0 Å². The number of aliphatic carboxylic acids is 1. The molecule has 6 atom stereocenters. The van der Waals surface area contributed by atoms with Gasteiger partial charge in [-0.15, -0.1) is 0 Å². The maximum absolute atomic E-state index is 11.7. The minimum Gasteiger partial charge on any atom is -0.492 e. The van der Waals surface area contributed by atoms with Crippen molar-refractivity contribution in [2.75, 3.05) is 25.1 Å². The molecule has 13 nitrogen and oxygen atoms in total. The van der Waals surface area contributed by atoms with E-state index in [4.69, 9.17) is 19.3 Å². The van der Waals surface area contributed by atoms with Crippen molar-refractivity contribution in [3.8, 4) is 11.5 Å². The molecule has 204 valence electrons. The van der Waals surface area contributed by atoms with Gasteiger partial charge in [0, 0.05) is 7.05 Å². The van der Waals surface area contributed by atoms with Gasteiger partial charge in [-0.25, -0.2) is 9.78 Å². The minimum absolute atomic E-state index is 0.160. The SMILES string of the molecule is CN(CCOc1ccc(CC2SC(=O)NC2=O)cc1)c1ccc(O[C@@H]2OC(C(=O)O)[C@H](O)C(O)C2O)cn1. The third kappa shape index (κ3) is 6.52. The zero-order valence-corrected chi connectivity index (χ0v) is 21.0. The molecule has 0 spiro atoms. The van der Waals surface area contributed by atoms with Gasteiger partial charge in [0.1, 0.15) is 42.2 Å². The van der Waals surface area contributed by atoms with Gasteiger partial charge in [-0.2, -0.15) is 0 Å². The summed E-state index contributed by atoms with van der Waals surface area (Å²) in [5, 5.41) is 40.4. The Hall–Kier alpha value is -3.43. The summed E-state index contributed by atoms with van der Waals surface area (Å²) in [5.74, 6) is -0.381. The Morgan fingerprint density at radius 3 is 2.39 bits per heavy atom. The first-order valence-corrected chi connectivity index (χ1v) is 12.5. The van der Waals surface area contributed by atoms with Crippen LogP contribution in [0.25, 0.3) is 0 Å². The van der Waals surface area contributed by atoms with Crippen LogP contribution >= 0.6 is 11.8 Å². The molecule has 2 saturated heterocycles. The second-order valence-corrected chi connectivity index (χ2v) is 9.88. The van der Waals surface area contributed by atoms with E-state index >= 15 is 0 Å². The molecule has 0 bridgehead atoms. The Morgan fingerprint density at radius 2 is 1.79 bits per heavy atom. The Labute approximate surface area is 221 Å². The molecule has 1 aromatic heterocycles. The number of aliphatic hydroxyl groups excluding tert-OH is 3. The lowest BCUT2D eigenvalue weighted by Crippen LogP contribution is -2.61. The van der Waals surface area contributed by atoms with Crippen molar-refractivity contribution in [2.45, 2.75) is 42.4 Å². The number of nitrogens with one attached hydrogen (secondary N) is 1. The van der Waals surface area contributed by atoms with Gasteiger partial charge in [0.2, 0.25) is 12.2 Å². The number of carbonyl (C=O) groups is 3. The van der Waals surface area contributed by atoms with E-state index in [2.05, 4.69) is 10.3 Å². The second-order valence-electron chi connectivity index (χ2n) is 8.71. The number of hydrogen-bond acceptors (Lipinski definition) is 12. The summed E-state index contributed by atoms with van der Waals surface area (Å²) < 4.78 is 16.3. The van der Waals surface area contributed by atoms with E-state index in [-0.39, 0.29) is 16.9 Å². The molecule has 2 fully saturated rings. The first-order chi connectivity index (χ1) is 18.1. The molecule has 0 aliphatic carbocycles. The predicted molar refractivity (Wildman–Crippen MR) is 133 cm³/mol. The molecule has 14 heteroatoms. The number of rotatable bonds is 10. The number of carboxylic acids is 1. The molecular formula is C24H27N3O10S.